The van der Waals surface area contributed by atoms with Gasteiger partial charge >= 0.3 is 0 Å². The first kappa shape index (κ1) is 21.2. The highest BCUT2D eigenvalue weighted by Crippen LogP contribution is 2.30. The lowest BCUT2D eigenvalue weighted by atomic mass is 9.94. The Morgan fingerprint density at radius 1 is 1.13 bits per heavy atom. The van der Waals surface area contributed by atoms with Gasteiger partial charge in [0.15, 0.2) is 5.69 Å². The maximum atomic E-state index is 13.7. The number of sulfonamides is 1. The average Bonchev–Trinajstić information content (AvgIpc) is 3.26. The number of rotatable bonds is 5. The number of halogens is 1. The van der Waals surface area contributed by atoms with Gasteiger partial charge in [-0.25, -0.2) is 12.8 Å². The predicted octanol–water partition coefficient (Wildman–Crippen LogP) is 3.68. The molecule has 1 aliphatic heterocycles. The van der Waals surface area contributed by atoms with E-state index in [0.717, 1.165) is 11.3 Å². The fourth-order valence-electron chi connectivity index (χ4n) is 3.68. The standard InChI is InChI=1S/C22H23FN4O3S/c1-15-6-8-17(9-7-15)31(29,30)27-12-10-16(11-13-27)20-14-21(26-25-20)22(28)24-19-5-3-2-4-18(19)23/h2-9,14,16H,10-13H2,1H3,(H,24,28)(H,25,26). The van der Waals surface area contributed by atoms with Crippen LogP contribution >= 0.6 is 0 Å². The van der Waals surface area contributed by atoms with Crippen LogP contribution in [0.5, 0.6) is 0 Å². The summed E-state index contributed by atoms with van der Waals surface area (Å²) in [5.74, 6) is -0.965. The van der Waals surface area contributed by atoms with Crippen molar-refractivity contribution in [1.82, 2.24) is 14.5 Å². The number of hydrogen-bond donors (Lipinski definition) is 2. The third kappa shape index (κ3) is 4.52. The number of aromatic amines is 1. The second kappa shape index (κ2) is 8.60. The van der Waals surface area contributed by atoms with Gasteiger partial charge in [-0.05, 0) is 50.1 Å². The van der Waals surface area contributed by atoms with Crippen molar-refractivity contribution in [3.05, 3.63) is 77.4 Å². The fraction of sp³-hybridized carbons (Fsp3) is 0.273. The summed E-state index contributed by atoms with van der Waals surface area (Å²) in [7, 11) is -3.52. The number of carbonyl (C=O) groups is 1. The van der Waals surface area contributed by atoms with E-state index in [0.29, 0.717) is 30.8 Å². The molecule has 1 aromatic heterocycles. The molecule has 0 spiro atoms. The molecule has 2 heterocycles. The molecule has 2 aromatic carbocycles. The maximum absolute atomic E-state index is 13.7. The van der Waals surface area contributed by atoms with E-state index in [9.17, 15) is 17.6 Å². The van der Waals surface area contributed by atoms with E-state index >= 15 is 0 Å². The molecular weight excluding hydrogens is 419 g/mol. The molecular formula is C22H23FN4O3S. The summed E-state index contributed by atoms with van der Waals surface area (Å²) in [6.07, 6.45) is 1.23. The van der Waals surface area contributed by atoms with Crippen LogP contribution < -0.4 is 5.32 Å². The van der Waals surface area contributed by atoms with Crippen LogP contribution in [0.25, 0.3) is 0 Å². The number of anilines is 1. The van der Waals surface area contributed by atoms with Crippen LogP contribution in [0, 0.1) is 12.7 Å². The summed E-state index contributed by atoms with van der Waals surface area (Å²) in [4.78, 5) is 12.7. The van der Waals surface area contributed by atoms with E-state index in [1.54, 1.807) is 42.5 Å². The molecule has 9 heteroatoms. The Hall–Kier alpha value is -3.04. The molecule has 0 radical (unpaired) electrons. The zero-order chi connectivity index (χ0) is 22.0. The highest BCUT2D eigenvalue weighted by atomic mass is 32.2. The number of nitrogens with one attached hydrogen (secondary N) is 2. The third-order valence-corrected chi connectivity index (χ3v) is 7.42. The number of para-hydroxylation sites is 1. The lowest BCUT2D eigenvalue weighted by molar-refractivity contribution is 0.102. The van der Waals surface area contributed by atoms with Crippen LogP contribution in [0.4, 0.5) is 10.1 Å². The summed E-state index contributed by atoms with van der Waals surface area (Å²) >= 11 is 0. The van der Waals surface area contributed by atoms with Gasteiger partial charge in [0.25, 0.3) is 5.91 Å². The van der Waals surface area contributed by atoms with Crippen molar-refractivity contribution in [2.45, 2.75) is 30.6 Å². The van der Waals surface area contributed by atoms with Crippen LogP contribution in [-0.4, -0.2) is 41.9 Å². The Bertz CT molecular complexity index is 1180. The summed E-state index contributed by atoms with van der Waals surface area (Å²) in [5.41, 5.74) is 2.03. The van der Waals surface area contributed by atoms with Gasteiger partial charge in [-0.2, -0.15) is 9.40 Å². The van der Waals surface area contributed by atoms with Gasteiger partial charge in [-0.3, -0.25) is 9.89 Å². The highest BCUT2D eigenvalue weighted by molar-refractivity contribution is 7.89. The van der Waals surface area contributed by atoms with Crippen molar-refractivity contribution < 1.29 is 17.6 Å². The number of H-pyrrole nitrogens is 1. The molecule has 7 nitrogen and oxygen atoms in total. The van der Waals surface area contributed by atoms with Crippen molar-refractivity contribution in [2.75, 3.05) is 18.4 Å². The van der Waals surface area contributed by atoms with Gasteiger partial charge < -0.3 is 5.32 Å². The topological polar surface area (TPSA) is 95.2 Å². The summed E-state index contributed by atoms with van der Waals surface area (Å²) in [6, 6.07) is 14.4. The Kier molecular flexibility index (Phi) is 5.88. The summed E-state index contributed by atoms with van der Waals surface area (Å²) in [5, 5.41) is 9.43. The SMILES string of the molecule is Cc1ccc(S(=O)(=O)N2CCC(c3cc(C(=O)Nc4ccccc4F)n[nH]3)CC2)cc1. The van der Waals surface area contributed by atoms with Crippen molar-refractivity contribution in [1.29, 1.82) is 0 Å². The van der Waals surface area contributed by atoms with Gasteiger partial charge in [0.1, 0.15) is 5.82 Å². The molecule has 0 unspecified atom stereocenters. The number of nitrogens with zero attached hydrogens (tertiary/aromatic N) is 2. The molecule has 0 saturated carbocycles. The largest absolute Gasteiger partial charge is 0.318 e. The fourth-order valence-corrected chi connectivity index (χ4v) is 5.15. The van der Waals surface area contributed by atoms with Gasteiger partial charge in [-0.15, -0.1) is 0 Å². The Morgan fingerprint density at radius 2 is 1.81 bits per heavy atom. The first-order valence-electron chi connectivity index (χ1n) is 10.0. The van der Waals surface area contributed by atoms with Crippen LogP contribution in [0.15, 0.2) is 59.5 Å². The Morgan fingerprint density at radius 3 is 2.48 bits per heavy atom. The summed E-state index contributed by atoms with van der Waals surface area (Å²) < 4.78 is 41.0. The van der Waals surface area contributed by atoms with E-state index in [4.69, 9.17) is 0 Å². The van der Waals surface area contributed by atoms with Crippen molar-refractivity contribution in [2.24, 2.45) is 0 Å². The van der Waals surface area contributed by atoms with E-state index in [1.807, 2.05) is 6.92 Å². The van der Waals surface area contributed by atoms with Crippen molar-refractivity contribution in [3.63, 3.8) is 0 Å². The number of hydrogen-bond acceptors (Lipinski definition) is 4. The van der Waals surface area contributed by atoms with Gasteiger partial charge in [0, 0.05) is 24.7 Å². The third-order valence-electron chi connectivity index (χ3n) is 5.50. The minimum atomic E-state index is -3.52. The van der Waals surface area contributed by atoms with Gasteiger partial charge in [0.05, 0.1) is 10.6 Å². The van der Waals surface area contributed by atoms with Gasteiger partial charge in [0.2, 0.25) is 10.0 Å². The van der Waals surface area contributed by atoms with Crippen LogP contribution in [-0.2, 0) is 10.0 Å². The Labute approximate surface area is 180 Å². The number of benzene rings is 2. The van der Waals surface area contributed by atoms with Crippen molar-refractivity contribution in [3.8, 4) is 0 Å². The molecule has 1 fully saturated rings. The molecule has 0 bridgehead atoms. The first-order chi connectivity index (χ1) is 14.8. The number of aryl methyl sites for hydroxylation is 1. The second-order valence-electron chi connectivity index (χ2n) is 7.63. The minimum absolute atomic E-state index is 0.0620. The van der Waals surface area contributed by atoms with E-state index in [1.165, 1.54) is 16.4 Å². The molecule has 1 saturated heterocycles. The predicted molar refractivity (Wildman–Crippen MR) is 115 cm³/mol. The van der Waals surface area contributed by atoms with E-state index in [2.05, 4.69) is 15.5 Å². The minimum Gasteiger partial charge on any atom is -0.318 e. The molecule has 3 aromatic rings. The number of amides is 1. The smallest absolute Gasteiger partial charge is 0.276 e. The average molecular weight is 443 g/mol. The van der Waals surface area contributed by atoms with Crippen LogP contribution in [0.1, 0.15) is 40.5 Å². The monoisotopic (exact) mass is 442 g/mol. The number of carbonyl (C=O) groups excluding carboxylic acids is 1. The molecule has 1 aliphatic rings. The Balaban J connectivity index is 1.39. The second-order valence-corrected chi connectivity index (χ2v) is 9.57. The summed E-state index contributed by atoms with van der Waals surface area (Å²) in [6.45, 7) is 2.68. The molecule has 0 aliphatic carbocycles. The van der Waals surface area contributed by atoms with Crippen LogP contribution in [0.3, 0.4) is 0 Å². The molecule has 31 heavy (non-hydrogen) atoms. The maximum Gasteiger partial charge on any atom is 0.276 e. The number of piperidine rings is 1. The van der Waals surface area contributed by atoms with Gasteiger partial charge in [-0.1, -0.05) is 29.8 Å². The van der Waals surface area contributed by atoms with Crippen LogP contribution in [0.2, 0.25) is 0 Å². The van der Waals surface area contributed by atoms with Crippen molar-refractivity contribution >= 4 is 21.6 Å². The van der Waals surface area contributed by atoms with E-state index in [-0.39, 0.29) is 17.3 Å². The lowest BCUT2D eigenvalue weighted by Gasteiger charge is -2.30. The highest BCUT2D eigenvalue weighted by Gasteiger charge is 2.31. The first-order valence-corrected chi connectivity index (χ1v) is 11.5. The lowest BCUT2D eigenvalue weighted by Crippen LogP contribution is -2.37. The quantitative estimate of drug-likeness (QED) is 0.630. The normalized spacial score (nSPS) is 15.7. The molecule has 162 valence electrons. The molecule has 0 atom stereocenters. The zero-order valence-electron chi connectivity index (χ0n) is 17.0. The molecule has 2 N–H and O–H groups in total. The van der Waals surface area contributed by atoms with E-state index < -0.39 is 21.7 Å². The molecule has 1 amide bonds. The molecule has 4 rings (SSSR count). The zero-order valence-corrected chi connectivity index (χ0v) is 17.8. The number of aromatic nitrogens is 2.